The first-order chi connectivity index (χ1) is 9.72. The molecule has 1 aliphatic carbocycles. The van der Waals surface area contributed by atoms with Gasteiger partial charge in [-0.05, 0) is 31.0 Å². The molecule has 5 heteroatoms. The number of aliphatic hydroxyl groups is 1. The first-order valence-corrected chi connectivity index (χ1v) is 7.07. The van der Waals surface area contributed by atoms with Crippen molar-refractivity contribution in [2.45, 2.75) is 25.7 Å². The third kappa shape index (κ3) is 2.41. The van der Waals surface area contributed by atoms with Gasteiger partial charge in [-0.1, -0.05) is 12.8 Å². The smallest absolute Gasteiger partial charge is 0.137 e. The number of rotatable bonds is 4. The fourth-order valence-electron chi connectivity index (χ4n) is 3.00. The Hall–Kier alpha value is -1.88. The van der Waals surface area contributed by atoms with Crippen molar-refractivity contribution in [2.24, 2.45) is 5.41 Å². The number of hydrogen-bond donors (Lipinski definition) is 3. The van der Waals surface area contributed by atoms with Crippen molar-refractivity contribution in [3.63, 3.8) is 0 Å². The molecule has 1 aromatic heterocycles. The van der Waals surface area contributed by atoms with E-state index in [9.17, 15) is 5.11 Å². The Balaban J connectivity index is 1.85. The normalized spacial score (nSPS) is 17.4. The predicted molar refractivity (Wildman–Crippen MR) is 80.4 cm³/mol. The van der Waals surface area contributed by atoms with E-state index < -0.39 is 0 Å². The molecular formula is C15H20N4O. The van der Waals surface area contributed by atoms with Gasteiger partial charge in [0.1, 0.15) is 12.1 Å². The molecule has 1 heterocycles. The summed E-state index contributed by atoms with van der Waals surface area (Å²) in [6.07, 6.45) is 6.09. The van der Waals surface area contributed by atoms with Gasteiger partial charge in [-0.2, -0.15) is 0 Å². The maximum absolute atomic E-state index is 9.66. The van der Waals surface area contributed by atoms with Crippen molar-refractivity contribution in [2.75, 3.05) is 24.2 Å². The van der Waals surface area contributed by atoms with E-state index in [1.807, 2.05) is 18.2 Å². The van der Waals surface area contributed by atoms with Crippen LogP contribution in [0.2, 0.25) is 0 Å². The van der Waals surface area contributed by atoms with Gasteiger partial charge in [0.05, 0.1) is 12.1 Å². The average molecular weight is 272 g/mol. The summed E-state index contributed by atoms with van der Waals surface area (Å²) in [6.45, 7) is 0.968. The lowest BCUT2D eigenvalue weighted by Gasteiger charge is -2.27. The molecule has 2 aromatic rings. The fraction of sp³-hybridized carbons (Fsp3) is 0.467. The minimum atomic E-state index is -0.00238. The third-order valence-corrected chi connectivity index (χ3v) is 4.29. The summed E-state index contributed by atoms with van der Waals surface area (Å²) in [7, 11) is 0. The molecule has 0 aliphatic heterocycles. The summed E-state index contributed by atoms with van der Waals surface area (Å²) in [5.41, 5.74) is 7.42. The molecule has 1 aliphatic rings. The number of nitrogens with zero attached hydrogens (tertiary/aromatic N) is 2. The molecule has 5 nitrogen and oxygen atoms in total. The van der Waals surface area contributed by atoms with E-state index in [1.54, 1.807) is 6.33 Å². The largest absolute Gasteiger partial charge is 0.399 e. The summed E-state index contributed by atoms with van der Waals surface area (Å²) in [6, 6.07) is 5.62. The van der Waals surface area contributed by atoms with Crippen LogP contribution in [0.3, 0.4) is 0 Å². The van der Waals surface area contributed by atoms with E-state index in [2.05, 4.69) is 15.3 Å². The molecule has 1 saturated carbocycles. The highest BCUT2D eigenvalue weighted by molar-refractivity contribution is 5.91. The molecule has 0 radical (unpaired) electrons. The summed E-state index contributed by atoms with van der Waals surface area (Å²) in [5.74, 6) is 0.794. The van der Waals surface area contributed by atoms with Crippen LogP contribution >= 0.6 is 0 Å². The van der Waals surface area contributed by atoms with E-state index in [1.165, 1.54) is 12.8 Å². The van der Waals surface area contributed by atoms with Crippen LogP contribution in [-0.2, 0) is 0 Å². The van der Waals surface area contributed by atoms with Crippen LogP contribution in [0, 0.1) is 5.41 Å². The second kappa shape index (κ2) is 5.25. The van der Waals surface area contributed by atoms with Crippen LogP contribution in [0.1, 0.15) is 25.7 Å². The lowest BCUT2D eigenvalue weighted by atomic mass is 9.87. The third-order valence-electron chi connectivity index (χ3n) is 4.29. The van der Waals surface area contributed by atoms with Gasteiger partial charge in [0, 0.05) is 23.0 Å². The van der Waals surface area contributed by atoms with Crippen LogP contribution in [0.5, 0.6) is 0 Å². The second-order valence-electron chi connectivity index (χ2n) is 5.72. The molecule has 0 amide bonds. The van der Waals surface area contributed by atoms with Crippen molar-refractivity contribution >= 4 is 22.4 Å². The molecule has 4 N–H and O–H groups in total. The molecule has 0 spiro atoms. The van der Waals surface area contributed by atoms with Gasteiger partial charge in [0.2, 0.25) is 0 Å². The minimum absolute atomic E-state index is 0.00238. The number of aromatic nitrogens is 2. The van der Waals surface area contributed by atoms with Crippen molar-refractivity contribution in [1.29, 1.82) is 0 Å². The van der Waals surface area contributed by atoms with Crippen molar-refractivity contribution in [3.05, 3.63) is 24.5 Å². The molecule has 1 fully saturated rings. The number of hydrogen-bond acceptors (Lipinski definition) is 5. The maximum atomic E-state index is 9.66. The zero-order valence-corrected chi connectivity index (χ0v) is 11.5. The van der Waals surface area contributed by atoms with Crippen molar-refractivity contribution < 1.29 is 5.11 Å². The van der Waals surface area contributed by atoms with Gasteiger partial charge in [0.15, 0.2) is 0 Å². The number of nitrogens with one attached hydrogen (secondary N) is 1. The van der Waals surface area contributed by atoms with Crippen LogP contribution in [0.15, 0.2) is 24.5 Å². The topological polar surface area (TPSA) is 84.1 Å². The zero-order valence-electron chi connectivity index (χ0n) is 11.5. The summed E-state index contributed by atoms with van der Waals surface area (Å²) < 4.78 is 0. The van der Waals surface area contributed by atoms with Crippen molar-refractivity contribution in [1.82, 2.24) is 9.97 Å². The standard InChI is InChI=1S/C15H20N4O/c16-11-3-4-13-12(7-11)14(19-10-18-13)17-8-15(9-20)5-1-2-6-15/h3-4,7,10,20H,1-2,5-6,8-9,16H2,(H,17,18,19). The zero-order chi connectivity index (χ0) is 14.0. The van der Waals surface area contributed by atoms with Gasteiger partial charge < -0.3 is 16.2 Å². The first-order valence-electron chi connectivity index (χ1n) is 7.07. The number of aliphatic hydroxyl groups excluding tert-OH is 1. The van der Waals surface area contributed by atoms with Crippen LogP contribution in [0.25, 0.3) is 10.9 Å². The highest BCUT2D eigenvalue weighted by atomic mass is 16.3. The Morgan fingerprint density at radius 1 is 1.25 bits per heavy atom. The molecule has 3 rings (SSSR count). The molecule has 0 bridgehead atoms. The quantitative estimate of drug-likeness (QED) is 0.743. The highest BCUT2D eigenvalue weighted by Crippen LogP contribution is 2.38. The number of anilines is 2. The number of benzene rings is 1. The monoisotopic (exact) mass is 272 g/mol. The maximum Gasteiger partial charge on any atom is 0.137 e. The van der Waals surface area contributed by atoms with Gasteiger partial charge >= 0.3 is 0 Å². The average Bonchev–Trinajstić information content (AvgIpc) is 2.94. The number of nitrogen functional groups attached to an aromatic ring is 1. The van der Waals surface area contributed by atoms with E-state index in [0.29, 0.717) is 5.69 Å². The van der Waals surface area contributed by atoms with Gasteiger partial charge in [0.25, 0.3) is 0 Å². The Morgan fingerprint density at radius 2 is 2.05 bits per heavy atom. The van der Waals surface area contributed by atoms with Crippen molar-refractivity contribution in [3.8, 4) is 0 Å². The highest BCUT2D eigenvalue weighted by Gasteiger charge is 2.33. The molecule has 0 saturated heterocycles. The van der Waals surface area contributed by atoms with E-state index in [-0.39, 0.29) is 12.0 Å². The van der Waals surface area contributed by atoms with Crippen LogP contribution in [0.4, 0.5) is 11.5 Å². The van der Waals surface area contributed by atoms with Crippen LogP contribution in [-0.4, -0.2) is 28.2 Å². The van der Waals surface area contributed by atoms with Gasteiger partial charge in [-0.25, -0.2) is 9.97 Å². The molecule has 106 valence electrons. The van der Waals surface area contributed by atoms with E-state index in [0.717, 1.165) is 36.1 Å². The Labute approximate surface area is 118 Å². The number of fused-ring (bicyclic) bond motifs is 1. The molecular weight excluding hydrogens is 252 g/mol. The lowest BCUT2D eigenvalue weighted by Crippen LogP contribution is -2.30. The Bertz CT molecular complexity index is 608. The van der Waals surface area contributed by atoms with E-state index in [4.69, 9.17) is 5.73 Å². The molecule has 1 aromatic carbocycles. The first kappa shape index (κ1) is 13.1. The summed E-state index contributed by atoms with van der Waals surface area (Å²) in [5, 5.41) is 14.0. The van der Waals surface area contributed by atoms with Gasteiger partial charge in [-0.15, -0.1) is 0 Å². The van der Waals surface area contributed by atoms with E-state index >= 15 is 0 Å². The predicted octanol–water partition coefficient (Wildman–Crippen LogP) is 2.18. The SMILES string of the molecule is Nc1ccc2ncnc(NCC3(CO)CCCC3)c2c1. The lowest BCUT2D eigenvalue weighted by molar-refractivity contribution is 0.142. The molecule has 20 heavy (non-hydrogen) atoms. The summed E-state index contributed by atoms with van der Waals surface area (Å²) in [4.78, 5) is 8.56. The summed E-state index contributed by atoms with van der Waals surface area (Å²) >= 11 is 0. The van der Waals surface area contributed by atoms with Crippen LogP contribution < -0.4 is 11.1 Å². The Kier molecular flexibility index (Phi) is 3.44. The van der Waals surface area contributed by atoms with Gasteiger partial charge in [-0.3, -0.25) is 0 Å². The Morgan fingerprint density at radius 3 is 2.80 bits per heavy atom. The molecule has 0 unspecified atom stereocenters. The number of nitrogens with two attached hydrogens (primary N) is 1. The second-order valence-corrected chi connectivity index (χ2v) is 5.72. The fourth-order valence-corrected chi connectivity index (χ4v) is 3.00. The minimum Gasteiger partial charge on any atom is -0.399 e. The molecule has 0 atom stereocenters.